The zero-order valence-electron chi connectivity index (χ0n) is 13.0. The maximum absolute atomic E-state index is 5.69. The molecule has 1 atom stereocenters. The fourth-order valence-corrected chi connectivity index (χ4v) is 2.65. The molecule has 4 nitrogen and oxygen atoms in total. The van der Waals surface area contributed by atoms with Crippen molar-refractivity contribution < 1.29 is 14.2 Å². The standard InChI is InChI=1S/C13H18BrCl6NO3/c1-11(2)5-24-10(21-11)8(14)3-4-9(22-6-12(15,16)17)23-7-13(18,19)20/h8-9H,3-7H2,1-2H3. The quantitative estimate of drug-likeness (QED) is 0.294. The van der Waals surface area contributed by atoms with Gasteiger partial charge in [-0.1, -0.05) is 85.5 Å². The van der Waals surface area contributed by atoms with Crippen molar-refractivity contribution in [2.75, 3.05) is 19.8 Å². The normalized spacial score (nSPS) is 19.3. The second-order valence-corrected chi connectivity index (χ2v) is 12.0. The van der Waals surface area contributed by atoms with Gasteiger partial charge >= 0.3 is 0 Å². The second-order valence-electron chi connectivity index (χ2n) is 5.88. The van der Waals surface area contributed by atoms with Gasteiger partial charge in [0.15, 0.2) is 12.2 Å². The Morgan fingerprint density at radius 1 is 1.08 bits per heavy atom. The molecule has 0 aromatic heterocycles. The highest BCUT2D eigenvalue weighted by atomic mass is 79.9. The number of hydrogen-bond donors (Lipinski definition) is 0. The minimum atomic E-state index is -1.56. The van der Waals surface area contributed by atoms with Gasteiger partial charge in [-0.05, 0) is 26.7 Å². The topological polar surface area (TPSA) is 40.0 Å². The summed E-state index contributed by atoms with van der Waals surface area (Å²) in [5, 5.41) is 0. The molecule has 0 bridgehead atoms. The van der Waals surface area contributed by atoms with E-state index in [-0.39, 0.29) is 23.6 Å². The van der Waals surface area contributed by atoms with E-state index in [0.717, 1.165) is 0 Å². The highest BCUT2D eigenvalue weighted by Crippen LogP contribution is 2.30. The first kappa shape index (κ1) is 23.6. The Balaban J connectivity index is 2.54. The van der Waals surface area contributed by atoms with Crippen LogP contribution in [0.25, 0.3) is 0 Å². The first-order valence-corrected chi connectivity index (χ1v) is 10.2. The molecule has 1 aliphatic rings. The summed E-state index contributed by atoms with van der Waals surface area (Å²) in [6.45, 7) is 4.23. The molecule has 0 aliphatic carbocycles. The van der Waals surface area contributed by atoms with Crippen molar-refractivity contribution in [1.82, 2.24) is 0 Å². The van der Waals surface area contributed by atoms with E-state index in [1.807, 2.05) is 13.8 Å². The first-order chi connectivity index (χ1) is 10.8. The molecule has 1 heterocycles. The monoisotopic (exact) mass is 525 g/mol. The number of halogens is 7. The van der Waals surface area contributed by atoms with Gasteiger partial charge in [0, 0.05) is 0 Å². The summed E-state index contributed by atoms with van der Waals surface area (Å²) in [4.78, 5) is 4.42. The fraction of sp³-hybridized carbons (Fsp3) is 0.923. The van der Waals surface area contributed by atoms with Crippen molar-refractivity contribution in [2.45, 2.75) is 50.9 Å². The van der Waals surface area contributed by atoms with E-state index >= 15 is 0 Å². The Kier molecular flexibility index (Phi) is 9.56. The van der Waals surface area contributed by atoms with Crippen LogP contribution in [0.5, 0.6) is 0 Å². The average Bonchev–Trinajstić information content (AvgIpc) is 2.75. The Hall–Kier alpha value is 1.61. The Morgan fingerprint density at radius 2 is 1.58 bits per heavy atom. The third-order valence-electron chi connectivity index (χ3n) is 2.78. The summed E-state index contributed by atoms with van der Waals surface area (Å²) in [6, 6.07) is 0. The SMILES string of the molecule is CC1(C)COC(C(Br)CCC(OCC(Cl)(Cl)Cl)OCC(Cl)(Cl)Cl)=N1. The van der Waals surface area contributed by atoms with Gasteiger partial charge in [0.1, 0.15) is 6.61 Å². The number of ether oxygens (including phenoxy) is 3. The van der Waals surface area contributed by atoms with Crippen LogP contribution < -0.4 is 0 Å². The molecular formula is C13H18BrCl6NO3. The molecule has 1 unspecified atom stereocenters. The average molecular weight is 529 g/mol. The maximum atomic E-state index is 5.69. The lowest BCUT2D eigenvalue weighted by Gasteiger charge is -2.23. The van der Waals surface area contributed by atoms with Crippen LogP contribution in [0.4, 0.5) is 0 Å². The van der Waals surface area contributed by atoms with Crippen LogP contribution in [0.15, 0.2) is 4.99 Å². The van der Waals surface area contributed by atoms with Crippen LogP contribution >= 0.6 is 85.5 Å². The minimum absolute atomic E-state index is 0.0884. The van der Waals surface area contributed by atoms with Crippen LogP contribution in [-0.4, -0.2) is 50.0 Å². The summed E-state index contributed by atoms with van der Waals surface area (Å²) in [7, 11) is 0. The van der Waals surface area contributed by atoms with Crippen molar-refractivity contribution >= 4 is 91.4 Å². The minimum Gasteiger partial charge on any atom is -0.478 e. The van der Waals surface area contributed by atoms with Gasteiger partial charge in [0.05, 0.1) is 23.6 Å². The molecule has 0 saturated heterocycles. The molecular weight excluding hydrogens is 511 g/mol. The molecule has 0 spiro atoms. The molecule has 142 valence electrons. The predicted octanol–water partition coefficient (Wildman–Crippen LogP) is 5.84. The largest absolute Gasteiger partial charge is 0.478 e. The molecule has 0 radical (unpaired) electrons. The van der Waals surface area contributed by atoms with Crippen LogP contribution in [0, 0.1) is 0 Å². The molecule has 0 fully saturated rings. The zero-order valence-corrected chi connectivity index (χ0v) is 19.1. The molecule has 0 amide bonds. The van der Waals surface area contributed by atoms with Gasteiger partial charge in [-0.15, -0.1) is 0 Å². The highest BCUT2D eigenvalue weighted by Gasteiger charge is 2.31. The first-order valence-electron chi connectivity index (χ1n) is 7.01. The van der Waals surface area contributed by atoms with Crippen molar-refractivity contribution in [1.29, 1.82) is 0 Å². The van der Waals surface area contributed by atoms with Crippen molar-refractivity contribution in [3.05, 3.63) is 0 Å². The fourth-order valence-electron chi connectivity index (χ4n) is 1.77. The van der Waals surface area contributed by atoms with Gasteiger partial charge in [0.25, 0.3) is 0 Å². The van der Waals surface area contributed by atoms with Crippen molar-refractivity contribution in [2.24, 2.45) is 4.99 Å². The second kappa shape index (κ2) is 9.70. The Bertz CT molecular complexity index is 420. The Morgan fingerprint density at radius 3 is 1.96 bits per heavy atom. The summed E-state index contributed by atoms with van der Waals surface area (Å²) < 4.78 is 13.4. The molecule has 1 rings (SSSR count). The van der Waals surface area contributed by atoms with Gasteiger partial charge in [-0.3, -0.25) is 0 Å². The molecule has 24 heavy (non-hydrogen) atoms. The van der Waals surface area contributed by atoms with Crippen LogP contribution in [0.3, 0.4) is 0 Å². The summed E-state index contributed by atoms with van der Waals surface area (Å²) in [5.41, 5.74) is -0.224. The molecule has 0 N–H and O–H groups in total. The summed E-state index contributed by atoms with van der Waals surface area (Å²) in [6.07, 6.45) is 0.366. The van der Waals surface area contributed by atoms with E-state index in [1.54, 1.807) is 0 Å². The predicted molar refractivity (Wildman–Crippen MR) is 106 cm³/mol. The van der Waals surface area contributed by atoms with Gasteiger partial charge in [0.2, 0.25) is 7.59 Å². The van der Waals surface area contributed by atoms with Crippen molar-refractivity contribution in [3.8, 4) is 0 Å². The van der Waals surface area contributed by atoms with Crippen LogP contribution in [-0.2, 0) is 14.2 Å². The summed E-state index contributed by atoms with van der Waals surface area (Å²) in [5.74, 6) is 0.640. The van der Waals surface area contributed by atoms with E-state index in [2.05, 4.69) is 20.9 Å². The lowest BCUT2D eigenvalue weighted by Crippen LogP contribution is -2.28. The summed E-state index contributed by atoms with van der Waals surface area (Å²) >= 11 is 37.7. The van der Waals surface area contributed by atoms with E-state index in [0.29, 0.717) is 25.3 Å². The van der Waals surface area contributed by atoms with E-state index in [9.17, 15) is 0 Å². The third kappa shape index (κ3) is 10.7. The zero-order chi connectivity index (χ0) is 18.6. The number of aliphatic imine (C=N–C) groups is 1. The van der Waals surface area contributed by atoms with Crippen LogP contribution in [0.1, 0.15) is 26.7 Å². The Labute approximate surface area is 180 Å². The number of hydrogen-bond acceptors (Lipinski definition) is 4. The van der Waals surface area contributed by atoms with Gasteiger partial charge in [-0.2, -0.15) is 0 Å². The maximum Gasteiger partial charge on any atom is 0.213 e. The lowest BCUT2D eigenvalue weighted by molar-refractivity contribution is -0.144. The number of nitrogens with zero attached hydrogens (tertiary/aromatic N) is 1. The van der Waals surface area contributed by atoms with Crippen molar-refractivity contribution in [3.63, 3.8) is 0 Å². The number of alkyl halides is 7. The van der Waals surface area contributed by atoms with E-state index in [4.69, 9.17) is 83.8 Å². The van der Waals surface area contributed by atoms with E-state index < -0.39 is 13.9 Å². The molecule has 1 aliphatic heterocycles. The van der Waals surface area contributed by atoms with E-state index in [1.165, 1.54) is 0 Å². The molecule has 0 saturated carbocycles. The highest BCUT2D eigenvalue weighted by molar-refractivity contribution is 9.10. The van der Waals surface area contributed by atoms with Gasteiger partial charge < -0.3 is 14.2 Å². The molecule has 0 aromatic rings. The lowest BCUT2D eigenvalue weighted by atomic mass is 10.1. The van der Waals surface area contributed by atoms with Gasteiger partial charge in [-0.25, -0.2) is 4.99 Å². The van der Waals surface area contributed by atoms with Crippen LogP contribution in [0.2, 0.25) is 0 Å². The third-order valence-corrected chi connectivity index (χ3v) is 4.28. The number of rotatable bonds is 8. The smallest absolute Gasteiger partial charge is 0.213 e. The molecule has 0 aromatic carbocycles. The molecule has 11 heteroatoms.